The van der Waals surface area contributed by atoms with Crippen molar-refractivity contribution in [1.29, 1.82) is 0 Å². The van der Waals surface area contributed by atoms with Crippen molar-refractivity contribution in [3.05, 3.63) is 58.8 Å². The van der Waals surface area contributed by atoms with Gasteiger partial charge >= 0.3 is 5.97 Å². The summed E-state index contributed by atoms with van der Waals surface area (Å²) in [6.45, 7) is 6.13. The summed E-state index contributed by atoms with van der Waals surface area (Å²) in [6.07, 6.45) is 0. The molecule has 0 saturated carbocycles. The van der Waals surface area contributed by atoms with Gasteiger partial charge in [0.1, 0.15) is 5.82 Å². The topological polar surface area (TPSA) is 73.7 Å². The number of aryl methyl sites for hydroxylation is 2. The normalized spacial score (nSPS) is 14.7. The van der Waals surface area contributed by atoms with Crippen LogP contribution in [0.5, 0.6) is 0 Å². The number of carbonyl (C=O) groups excluding carboxylic acids is 1. The number of anilines is 1. The number of hydrogen-bond acceptors (Lipinski definition) is 4. The average molecular weight is 339 g/mol. The first kappa shape index (κ1) is 17.0. The highest BCUT2D eigenvalue weighted by atomic mass is 16.4. The first-order valence-corrected chi connectivity index (χ1v) is 8.22. The standard InChI is InChI=1S/C19H21N3O3/c1-13-8-14(2)10-15(9-13)11-22-7-6-21(12-18(22)23)17-5-3-4-16(20-17)19(24)25/h3-5,8-10H,6-7,11-12H2,1-2H3,(H,24,25). The average Bonchev–Trinajstić information content (AvgIpc) is 2.56. The number of amides is 1. The predicted octanol–water partition coefficient (Wildman–Crippen LogP) is 2.25. The molecule has 1 aromatic carbocycles. The molecular weight excluding hydrogens is 318 g/mol. The number of hydrogen-bond donors (Lipinski definition) is 1. The second kappa shape index (κ2) is 6.93. The van der Waals surface area contributed by atoms with E-state index in [2.05, 4.69) is 37.0 Å². The van der Waals surface area contributed by atoms with Gasteiger partial charge in [-0.05, 0) is 31.5 Å². The van der Waals surface area contributed by atoms with E-state index in [1.807, 2.05) is 9.80 Å². The number of aromatic carboxylic acids is 1. The zero-order valence-corrected chi connectivity index (χ0v) is 14.4. The molecule has 130 valence electrons. The van der Waals surface area contributed by atoms with Gasteiger partial charge in [0.15, 0.2) is 5.69 Å². The molecule has 25 heavy (non-hydrogen) atoms. The minimum atomic E-state index is -1.07. The Labute approximate surface area is 146 Å². The number of piperazine rings is 1. The third-order valence-corrected chi connectivity index (χ3v) is 4.25. The van der Waals surface area contributed by atoms with Gasteiger partial charge in [0.2, 0.25) is 5.91 Å². The van der Waals surface area contributed by atoms with Gasteiger partial charge in [-0.3, -0.25) is 4.79 Å². The maximum absolute atomic E-state index is 12.5. The maximum atomic E-state index is 12.5. The van der Waals surface area contributed by atoms with Crippen LogP contribution in [0.2, 0.25) is 0 Å². The van der Waals surface area contributed by atoms with E-state index in [1.54, 1.807) is 12.1 Å². The summed E-state index contributed by atoms with van der Waals surface area (Å²) in [6, 6.07) is 11.2. The molecule has 0 aliphatic carbocycles. The van der Waals surface area contributed by atoms with Gasteiger partial charge in [0.05, 0.1) is 6.54 Å². The van der Waals surface area contributed by atoms with Gasteiger partial charge in [-0.25, -0.2) is 9.78 Å². The molecule has 0 radical (unpaired) electrons. The van der Waals surface area contributed by atoms with E-state index < -0.39 is 5.97 Å². The number of carboxylic acid groups (broad SMARTS) is 1. The van der Waals surface area contributed by atoms with Crippen LogP contribution in [0.25, 0.3) is 0 Å². The number of aromatic nitrogens is 1. The van der Waals surface area contributed by atoms with Gasteiger partial charge in [0, 0.05) is 19.6 Å². The predicted molar refractivity (Wildman–Crippen MR) is 94.7 cm³/mol. The zero-order chi connectivity index (χ0) is 18.0. The van der Waals surface area contributed by atoms with Crippen LogP contribution in [0.3, 0.4) is 0 Å². The monoisotopic (exact) mass is 339 g/mol. The number of carboxylic acids is 1. The molecule has 6 heteroatoms. The first-order valence-electron chi connectivity index (χ1n) is 8.22. The lowest BCUT2D eigenvalue weighted by Gasteiger charge is -2.35. The molecule has 6 nitrogen and oxygen atoms in total. The van der Waals surface area contributed by atoms with Gasteiger partial charge in [-0.15, -0.1) is 0 Å². The Hall–Kier alpha value is -2.89. The number of nitrogens with zero attached hydrogens (tertiary/aromatic N) is 3. The van der Waals surface area contributed by atoms with Crippen molar-refractivity contribution in [1.82, 2.24) is 9.88 Å². The van der Waals surface area contributed by atoms with Crippen molar-refractivity contribution in [3.63, 3.8) is 0 Å². The van der Waals surface area contributed by atoms with E-state index in [9.17, 15) is 9.59 Å². The molecule has 0 unspecified atom stereocenters. The van der Waals surface area contributed by atoms with Gasteiger partial charge in [-0.1, -0.05) is 35.4 Å². The van der Waals surface area contributed by atoms with Crippen LogP contribution in [-0.4, -0.2) is 46.5 Å². The summed E-state index contributed by atoms with van der Waals surface area (Å²) in [7, 11) is 0. The van der Waals surface area contributed by atoms with Crippen molar-refractivity contribution in [2.75, 3.05) is 24.5 Å². The Balaban J connectivity index is 1.69. The van der Waals surface area contributed by atoms with Crippen molar-refractivity contribution in [3.8, 4) is 0 Å². The molecule has 2 aromatic rings. The lowest BCUT2D eigenvalue weighted by Crippen LogP contribution is -2.50. The Bertz CT molecular complexity index is 799. The van der Waals surface area contributed by atoms with Crippen molar-refractivity contribution in [2.24, 2.45) is 0 Å². The van der Waals surface area contributed by atoms with Crippen LogP contribution < -0.4 is 4.90 Å². The Kier molecular flexibility index (Phi) is 4.70. The van der Waals surface area contributed by atoms with Gasteiger partial charge < -0.3 is 14.9 Å². The largest absolute Gasteiger partial charge is 0.477 e. The van der Waals surface area contributed by atoms with Crippen LogP contribution in [0.4, 0.5) is 5.82 Å². The molecule has 0 spiro atoms. The van der Waals surface area contributed by atoms with Crippen molar-refractivity contribution >= 4 is 17.7 Å². The molecular formula is C19H21N3O3. The van der Waals surface area contributed by atoms with E-state index in [0.29, 0.717) is 25.5 Å². The molecule has 1 aliphatic rings. The maximum Gasteiger partial charge on any atom is 0.354 e. The first-order chi connectivity index (χ1) is 11.9. The van der Waals surface area contributed by atoms with E-state index in [1.165, 1.54) is 17.2 Å². The minimum Gasteiger partial charge on any atom is -0.477 e. The number of rotatable bonds is 4. The fourth-order valence-electron chi connectivity index (χ4n) is 3.17. The van der Waals surface area contributed by atoms with E-state index in [0.717, 1.165) is 5.56 Å². The second-order valence-electron chi connectivity index (χ2n) is 6.42. The quantitative estimate of drug-likeness (QED) is 0.925. The SMILES string of the molecule is Cc1cc(C)cc(CN2CCN(c3cccc(C(=O)O)n3)CC2=O)c1. The summed E-state index contributed by atoms with van der Waals surface area (Å²) in [5.41, 5.74) is 3.50. The van der Waals surface area contributed by atoms with Crippen LogP contribution in [0.15, 0.2) is 36.4 Å². The summed E-state index contributed by atoms with van der Waals surface area (Å²) in [4.78, 5) is 31.3. The fraction of sp³-hybridized carbons (Fsp3) is 0.316. The Morgan fingerprint density at radius 1 is 1.16 bits per heavy atom. The van der Waals surface area contributed by atoms with Crippen LogP contribution >= 0.6 is 0 Å². The third-order valence-electron chi connectivity index (χ3n) is 4.25. The molecule has 1 amide bonds. The van der Waals surface area contributed by atoms with E-state index in [4.69, 9.17) is 5.11 Å². The highest BCUT2D eigenvalue weighted by Gasteiger charge is 2.25. The van der Waals surface area contributed by atoms with Gasteiger partial charge in [-0.2, -0.15) is 0 Å². The summed E-state index contributed by atoms with van der Waals surface area (Å²) >= 11 is 0. The molecule has 1 aliphatic heterocycles. The highest BCUT2D eigenvalue weighted by molar-refractivity contribution is 5.86. The Morgan fingerprint density at radius 2 is 1.88 bits per heavy atom. The Morgan fingerprint density at radius 3 is 2.52 bits per heavy atom. The molecule has 1 fully saturated rings. The lowest BCUT2D eigenvalue weighted by molar-refractivity contribution is -0.131. The molecule has 1 aromatic heterocycles. The molecule has 0 atom stereocenters. The van der Waals surface area contributed by atoms with Crippen LogP contribution in [0, 0.1) is 13.8 Å². The third kappa shape index (κ3) is 3.96. The summed E-state index contributed by atoms with van der Waals surface area (Å²) < 4.78 is 0. The van der Waals surface area contributed by atoms with Crippen molar-refractivity contribution in [2.45, 2.75) is 20.4 Å². The molecule has 2 heterocycles. The number of benzene rings is 1. The van der Waals surface area contributed by atoms with Gasteiger partial charge in [0.25, 0.3) is 0 Å². The summed E-state index contributed by atoms with van der Waals surface area (Å²) in [5.74, 6) is -0.520. The molecule has 1 N–H and O–H groups in total. The van der Waals surface area contributed by atoms with E-state index in [-0.39, 0.29) is 18.1 Å². The smallest absolute Gasteiger partial charge is 0.354 e. The molecule has 3 rings (SSSR count). The van der Waals surface area contributed by atoms with Crippen LogP contribution in [-0.2, 0) is 11.3 Å². The van der Waals surface area contributed by atoms with Crippen LogP contribution in [0.1, 0.15) is 27.2 Å². The number of pyridine rings is 1. The zero-order valence-electron chi connectivity index (χ0n) is 14.4. The lowest BCUT2D eigenvalue weighted by atomic mass is 10.1. The number of carbonyl (C=O) groups is 2. The minimum absolute atomic E-state index is 0.0115. The second-order valence-corrected chi connectivity index (χ2v) is 6.42. The summed E-state index contributed by atoms with van der Waals surface area (Å²) in [5, 5.41) is 9.05. The highest BCUT2D eigenvalue weighted by Crippen LogP contribution is 2.17. The molecule has 0 bridgehead atoms. The molecule has 1 saturated heterocycles. The van der Waals surface area contributed by atoms with E-state index >= 15 is 0 Å². The fourth-order valence-corrected chi connectivity index (χ4v) is 3.17. The van der Waals surface area contributed by atoms with Crippen molar-refractivity contribution < 1.29 is 14.7 Å².